The maximum atomic E-state index is 12.7. The Morgan fingerprint density at radius 1 is 1.50 bits per heavy atom. The van der Waals surface area contributed by atoms with Crippen LogP contribution in [0.25, 0.3) is 6.08 Å². The maximum Gasteiger partial charge on any atom is 0.137 e. The molecular weight excluding hydrogens is 221 g/mol. The maximum absolute atomic E-state index is 12.7. The average molecular weight is 226 g/mol. The van der Waals surface area contributed by atoms with E-state index < -0.39 is 0 Å². The molecule has 0 saturated heterocycles. The number of benzene rings is 1. The molecule has 0 radical (unpaired) electrons. The number of nitrogens with zero attached hydrogens (tertiary/aromatic N) is 1. The lowest BCUT2D eigenvalue weighted by atomic mass is 10.2. The smallest absolute Gasteiger partial charge is 0.137 e. The normalized spacial score (nSPS) is 10.1. The van der Waals surface area contributed by atoms with Crippen LogP contribution in [0.4, 0.5) is 4.39 Å². The fourth-order valence-electron chi connectivity index (χ4n) is 0.750. The third-order valence-electron chi connectivity index (χ3n) is 1.29. The second-order valence-electron chi connectivity index (χ2n) is 2.14. The molecular formula is C9H5BrFN. The second-order valence-corrected chi connectivity index (χ2v) is 2.99. The molecule has 0 aliphatic carbocycles. The topological polar surface area (TPSA) is 23.8 Å². The molecule has 1 rings (SSSR count). The number of hydrogen-bond acceptors (Lipinski definition) is 1. The van der Waals surface area contributed by atoms with E-state index in [0.717, 1.165) is 5.56 Å². The van der Waals surface area contributed by atoms with Gasteiger partial charge in [-0.1, -0.05) is 6.07 Å². The summed E-state index contributed by atoms with van der Waals surface area (Å²) in [5.74, 6) is -0.302. The molecule has 0 atom stereocenters. The van der Waals surface area contributed by atoms with Crippen LogP contribution in [-0.2, 0) is 0 Å². The molecule has 0 unspecified atom stereocenters. The summed E-state index contributed by atoms with van der Waals surface area (Å²) in [5, 5.41) is 8.23. The van der Waals surface area contributed by atoms with E-state index in [1.54, 1.807) is 18.2 Å². The number of hydrogen-bond donors (Lipinski definition) is 0. The minimum Gasteiger partial charge on any atom is -0.206 e. The van der Waals surface area contributed by atoms with Gasteiger partial charge in [0.2, 0.25) is 0 Å². The molecule has 12 heavy (non-hydrogen) atoms. The molecule has 1 aromatic rings. The van der Waals surface area contributed by atoms with Crippen molar-refractivity contribution in [2.75, 3.05) is 0 Å². The van der Waals surface area contributed by atoms with Crippen LogP contribution in [0.2, 0.25) is 0 Å². The Labute approximate surface area is 78.3 Å². The Bertz CT molecular complexity index is 352. The number of nitriles is 1. The fraction of sp³-hybridized carbons (Fsp3) is 0. The zero-order valence-corrected chi connectivity index (χ0v) is 7.68. The van der Waals surface area contributed by atoms with E-state index in [9.17, 15) is 4.39 Å². The van der Waals surface area contributed by atoms with E-state index in [1.165, 1.54) is 12.1 Å². The Kier molecular flexibility index (Phi) is 3.01. The van der Waals surface area contributed by atoms with Crippen LogP contribution < -0.4 is 0 Å². The van der Waals surface area contributed by atoms with E-state index in [0.29, 0.717) is 4.47 Å². The molecule has 0 aromatic heterocycles. The Balaban J connectivity index is 2.99. The average Bonchev–Trinajstić information content (AvgIpc) is 2.07. The third kappa shape index (κ3) is 2.18. The first-order chi connectivity index (χ1) is 5.74. The van der Waals surface area contributed by atoms with Crippen LogP contribution in [0.3, 0.4) is 0 Å². The molecule has 0 aliphatic heterocycles. The van der Waals surface area contributed by atoms with Gasteiger partial charge in [-0.05, 0) is 39.7 Å². The quantitative estimate of drug-likeness (QED) is 0.675. The largest absolute Gasteiger partial charge is 0.206 e. The molecule has 0 saturated carbocycles. The molecule has 0 heterocycles. The van der Waals surface area contributed by atoms with Crippen molar-refractivity contribution in [1.29, 1.82) is 5.26 Å². The first-order valence-corrected chi connectivity index (χ1v) is 4.04. The van der Waals surface area contributed by atoms with Crippen LogP contribution >= 0.6 is 15.9 Å². The van der Waals surface area contributed by atoms with Crippen molar-refractivity contribution in [1.82, 2.24) is 0 Å². The Hall–Kier alpha value is -1.14. The molecule has 0 amide bonds. The lowest BCUT2D eigenvalue weighted by Gasteiger charge is -1.94. The molecule has 1 nitrogen and oxygen atoms in total. The summed E-state index contributed by atoms with van der Waals surface area (Å²) in [7, 11) is 0. The third-order valence-corrected chi connectivity index (χ3v) is 1.90. The highest BCUT2D eigenvalue weighted by Gasteiger charge is 1.96. The summed E-state index contributed by atoms with van der Waals surface area (Å²) >= 11 is 3.05. The standard InChI is InChI=1S/C9H5BrFN/c10-8-6-7(2-1-5-12)3-4-9(8)11/h1-4,6H/b2-1+. The van der Waals surface area contributed by atoms with Gasteiger partial charge >= 0.3 is 0 Å². The summed E-state index contributed by atoms with van der Waals surface area (Å²) < 4.78 is 13.1. The first-order valence-electron chi connectivity index (χ1n) is 3.25. The van der Waals surface area contributed by atoms with Crippen LogP contribution in [0.15, 0.2) is 28.7 Å². The van der Waals surface area contributed by atoms with E-state index in [1.807, 2.05) is 6.07 Å². The van der Waals surface area contributed by atoms with E-state index in [4.69, 9.17) is 5.26 Å². The van der Waals surface area contributed by atoms with E-state index >= 15 is 0 Å². The summed E-state index contributed by atoms with van der Waals surface area (Å²) in [6, 6.07) is 6.43. The number of halogens is 2. The fourth-order valence-corrected chi connectivity index (χ4v) is 1.15. The zero-order valence-electron chi connectivity index (χ0n) is 6.09. The predicted molar refractivity (Wildman–Crippen MR) is 48.7 cm³/mol. The molecule has 0 N–H and O–H groups in total. The van der Waals surface area contributed by atoms with Crippen molar-refractivity contribution < 1.29 is 4.39 Å². The number of allylic oxidation sites excluding steroid dienone is 1. The van der Waals surface area contributed by atoms with Gasteiger partial charge in [-0.15, -0.1) is 0 Å². The zero-order chi connectivity index (χ0) is 8.97. The summed E-state index contributed by atoms with van der Waals surface area (Å²) in [5.41, 5.74) is 0.796. The summed E-state index contributed by atoms with van der Waals surface area (Å²) in [6.07, 6.45) is 2.96. The van der Waals surface area contributed by atoms with E-state index in [2.05, 4.69) is 15.9 Å². The van der Waals surface area contributed by atoms with Gasteiger partial charge in [-0.2, -0.15) is 5.26 Å². The predicted octanol–water partition coefficient (Wildman–Crippen LogP) is 3.12. The van der Waals surface area contributed by atoms with E-state index in [-0.39, 0.29) is 5.82 Å². The first kappa shape index (κ1) is 8.95. The lowest BCUT2D eigenvalue weighted by molar-refractivity contribution is 0.621. The van der Waals surface area contributed by atoms with Gasteiger partial charge in [-0.3, -0.25) is 0 Å². The molecule has 3 heteroatoms. The highest BCUT2D eigenvalue weighted by Crippen LogP contribution is 2.17. The van der Waals surface area contributed by atoms with Crippen LogP contribution in [0.5, 0.6) is 0 Å². The van der Waals surface area contributed by atoms with Crippen LogP contribution in [0, 0.1) is 17.1 Å². The molecule has 0 fully saturated rings. The minimum atomic E-state index is -0.302. The number of rotatable bonds is 1. The SMILES string of the molecule is N#C/C=C/c1ccc(F)c(Br)c1. The van der Waals surface area contributed by atoms with Crippen LogP contribution in [-0.4, -0.2) is 0 Å². The van der Waals surface area contributed by atoms with Gasteiger partial charge in [0.1, 0.15) is 5.82 Å². The van der Waals surface area contributed by atoms with Crippen molar-refractivity contribution in [3.63, 3.8) is 0 Å². The van der Waals surface area contributed by atoms with Gasteiger partial charge in [0.25, 0.3) is 0 Å². The van der Waals surface area contributed by atoms with Crippen molar-refractivity contribution in [3.05, 3.63) is 40.1 Å². The molecule has 60 valence electrons. The molecule has 0 aliphatic rings. The van der Waals surface area contributed by atoms with Crippen molar-refractivity contribution in [2.45, 2.75) is 0 Å². The van der Waals surface area contributed by atoms with Crippen molar-refractivity contribution in [3.8, 4) is 6.07 Å². The van der Waals surface area contributed by atoms with Gasteiger partial charge in [0, 0.05) is 6.08 Å². The Morgan fingerprint density at radius 2 is 2.25 bits per heavy atom. The second kappa shape index (κ2) is 4.03. The monoisotopic (exact) mass is 225 g/mol. The summed E-state index contributed by atoms with van der Waals surface area (Å²) in [4.78, 5) is 0. The minimum absolute atomic E-state index is 0.302. The van der Waals surface area contributed by atoms with Crippen molar-refractivity contribution in [2.24, 2.45) is 0 Å². The van der Waals surface area contributed by atoms with Crippen molar-refractivity contribution >= 4 is 22.0 Å². The highest BCUT2D eigenvalue weighted by atomic mass is 79.9. The molecule has 0 bridgehead atoms. The molecule has 1 aromatic carbocycles. The van der Waals surface area contributed by atoms with Crippen LogP contribution in [0.1, 0.15) is 5.56 Å². The van der Waals surface area contributed by atoms with Gasteiger partial charge in [0.05, 0.1) is 10.5 Å². The highest BCUT2D eigenvalue weighted by molar-refractivity contribution is 9.10. The Morgan fingerprint density at radius 3 is 2.83 bits per heavy atom. The van der Waals surface area contributed by atoms with Gasteiger partial charge < -0.3 is 0 Å². The van der Waals surface area contributed by atoms with Gasteiger partial charge in [-0.25, -0.2) is 4.39 Å². The molecule has 0 spiro atoms. The summed E-state index contributed by atoms with van der Waals surface area (Å²) in [6.45, 7) is 0. The lowest BCUT2D eigenvalue weighted by Crippen LogP contribution is -1.77. The van der Waals surface area contributed by atoms with Gasteiger partial charge in [0.15, 0.2) is 0 Å².